The van der Waals surface area contributed by atoms with E-state index in [4.69, 9.17) is 33.2 Å². The summed E-state index contributed by atoms with van der Waals surface area (Å²) in [7, 11) is 10.8. The second-order valence-electron chi connectivity index (χ2n) is 13.4. The van der Waals surface area contributed by atoms with Crippen LogP contribution in [0.2, 0.25) is 0 Å². The van der Waals surface area contributed by atoms with E-state index in [1.165, 1.54) is 61.7 Å². The van der Waals surface area contributed by atoms with Crippen molar-refractivity contribution >= 4 is 28.9 Å². The van der Waals surface area contributed by atoms with Crippen LogP contribution in [0.4, 0.5) is 0 Å². The van der Waals surface area contributed by atoms with Gasteiger partial charge in [-0.2, -0.15) is 0 Å². The van der Waals surface area contributed by atoms with Gasteiger partial charge in [-0.05, 0) is 121 Å². The molecule has 0 heterocycles. The Labute approximate surface area is 366 Å². The van der Waals surface area contributed by atoms with Crippen molar-refractivity contribution in [3.63, 3.8) is 0 Å². The van der Waals surface area contributed by atoms with Crippen LogP contribution in [0.1, 0.15) is 103 Å². The SMILES string of the molecule is CC(=O)c1c(C)cc(C)cc1C.COc1ccc(C(C)=O)c(OC)c1.COc1ccc(OC)c(C(C)=O)c1.COc1cccc(OC)c1C(C)=O.COc1ccccc1C(C)=O. The van der Waals surface area contributed by atoms with Gasteiger partial charge in [0.2, 0.25) is 0 Å². The molecule has 0 unspecified atom stereocenters. The summed E-state index contributed by atoms with van der Waals surface area (Å²) < 4.78 is 35.2. The topological polar surface area (TPSA) is 150 Å². The number of Topliss-reactive ketones (excluding diaryl/α,β-unsaturated/α-hetero) is 5. The van der Waals surface area contributed by atoms with Crippen molar-refractivity contribution in [2.24, 2.45) is 0 Å². The number of rotatable bonds is 12. The van der Waals surface area contributed by atoms with E-state index < -0.39 is 0 Å². The Morgan fingerprint density at radius 2 is 0.726 bits per heavy atom. The number of ketones is 5. The lowest BCUT2D eigenvalue weighted by Gasteiger charge is -2.09. The molecule has 0 aromatic heterocycles. The molecule has 12 heteroatoms. The van der Waals surface area contributed by atoms with Gasteiger partial charge in [0.05, 0.1) is 66.5 Å². The van der Waals surface area contributed by atoms with E-state index in [0.717, 1.165) is 16.7 Å². The van der Waals surface area contributed by atoms with Crippen molar-refractivity contribution in [1.82, 2.24) is 0 Å². The average molecular weight is 853 g/mol. The smallest absolute Gasteiger partial charge is 0.167 e. The third kappa shape index (κ3) is 16.2. The van der Waals surface area contributed by atoms with E-state index in [9.17, 15) is 24.0 Å². The van der Waals surface area contributed by atoms with Gasteiger partial charge in [-0.15, -0.1) is 0 Å². The van der Waals surface area contributed by atoms with Crippen molar-refractivity contribution < 1.29 is 57.1 Å². The summed E-state index contributed by atoms with van der Waals surface area (Å²) in [6.45, 7) is 13.6. The number of ether oxygens (including phenoxy) is 7. The van der Waals surface area contributed by atoms with Crippen LogP contribution < -0.4 is 33.2 Å². The standard InChI is InChI=1S/C11H14O.3C10H12O3.C9H10O2/c1-7-5-8(2)11(10(4)12)9(3)6-7;1-7(11)9-6-8(12-2)4-5-10(9)13-3;1-7(11)9-5-4-8(12-2)6-10(9)13-3;1-7(11)10-8(12-2)5-4-6-9(10)13-3;1-7(10)8-5-3-4-6-9(8)11-2/h5-6H,1-4H3;3*4-6H,1-3H3;3-6H,1-2H3. The van der Waals surface area contributed by atoms with Crippen LogP contribution in [0.5, 0.6) is 40.2 Å². The maximum atomic E-state index is 11.2. The molecule has 0 amide bonds. The summed E-state index contributed by atoms with van der Waals surface area (Å²) >= 11 is 0. The molecule has 62 heavy (non-hydrogen) atoms. The lowest BCUT2D eigenvalue weighted by Crippen LogP contribution is -2.00. The molecule has 0 saturated heterocycles. The number of hydrogen-bond donors (Lipinski definition) is 0. The number of hydrogen-bond acceptors (Lipinski definition) is 12. The molecule has 0 radical (unpaired) electrons. The lowest BCUT2D eigenvalue weighted by molar-refractivity contribution is 0.0999. The first-order chi connectivity index (χ1) is 29.3. The molecule has 12 nitrogen and oxygen atoms in total. The van der Waals surface area contributed by atoms with Gasteiger partial charge in [0, 0.05) is 11.6 Å². The lowest BCUT2D eigenvalue weighted by atomic mass is 9.97. The molecule has 0 aliphatic heterocycles. The Bertz CT molecular complexity index is 2240. The van der Waals surface area contributed by atoms with Crippen molar-refractivity contribution in [2.45, 2.75) is 55.4 Å². The van der Waals surface area contributed by atoms with Gasteiger partial charge in [0.15, 0.2) is 28.9 Å². The van der Waals surface area contributed by atoms with Gasteiger partial charge in [-0.3, -0.25) is 24.0 Å². The van der Waals surface area contributed by atoms with Crippen molar-refractivity contribution in [3.8, 4) is 40.2 Å². The number of methoxy groups -OCH3 is 7. The highest BCUT2D eigenvalue weighted by Crippen LogP contribution is 2.29. The number of carbonyl (C=O) groups excluding carboxylic acids is 5. The summed E-state index contributed by atoms with van der Waals surface area (Å²) in [5.41, 5.74) is 6.50. The first-order valence-corrected chi connectivity index (χ1v) is 19.3. The quantitative estimate of drug-likeness (QED) is 0.110. The van der Waals surface area contributed by atoms with Crippen LogP contribution in [0.3, 0.4) is 0 Å². The zero-order chi connectivity index (χ0) is 47.1. The summed E-state index contributed by atoms with van der Waals surface area (Å²) in [4.78, 5) is 55.6. The molecule has 0 aliphatic carbocycles. The Hall–Kier alpha value is -6.95. The van der Waals surface area contributed by atoms with Crippen LogP contribution in [-0.2, 0) is 0 Å². The third-order valence-electron chi connectivity index (χ3n) is 8.87. The van der Waals surface area contributed by atoms with Crippen LogP contribution in [0, 0.1) is 20.8 Å². The Kier molecular flexibility index (Phi) is 23.1. The molecule has 0 bridgehead atoms. The summed E-state index contributed by atoms with van der Waals surface area (Å²) in [6.07, 6.45) is 0. The molecule has 5 aromatic rings. The van der Waals surface area contributed by atoms with Crippen molar-refractivity contribution in [3.05, 3.63) is 136 Å². The van der Waals surface area contributed by atoms with Gasteiger partial charge in [-0.1, -0.05) is 35.9 Å². The number of aryl methyl sites for hydroxylation is 3. The van der Waals surface area contributed by atoms with Gasteiger partial charge in [0.1, 0.15) is 45.8 Å². The third-order valence-corrected chi connectivity index (χ3v) is 8.87. The zero-order valence-electron chi connectivity index (χ0n) is 38.6. The van der Waals surface area contributed by atoms with Crippen molar-refractivity contribution in [1.29, 1.82) is 0 Å². The fourth-order valence-corrected chi connectivity index (χ4v) is 6.05. The van der Waals surface area contributed by atoms with Crippen LogP contribution in [0.15, 0.2) is 91.0 Å². The molecule has 5 rings (SSSR count). The molecule has 0 atom stereocenters. The largest absolute Gasteiger partial charge is 0.497 e. The Balaban J connectivity index is 0.000000388. The van der Waals surface area contributed by atoms with Crippen LogP contribution >= 0.6 is 0 Å². The Morgan fingerprint density at radius 3 is 1.13 bits per heavy atom. The molecule has 332 valence electrons. The molecule has 0 saturated carbocycles. The van der Waals surface area contributed by atoms with E-state index in [-0.39, 0.29) is 28.9 Å². The fraction of sp³-hybridized carbons (Fsp3) is 0.300. The second kappa shape index (κ2) is 27.0. The highest BCUT2D eigenvalue weighted by Gasteiger charge is 2.14. The van der Waals surface area contributed by atoms with Crippen LogP contribution in [-0.4, -0.2) is 78.7 Å². The summed E-state index contributed by atoms with van der Waals surface area (Å²) in [5.74, 6) is 4.28. The second-order valence-corrected chi connectivity index (χ2v) is 13.4. The highest BCUT2D eigenvalue weighted by atomic mass is 16.5. The molecule has 0 N–H and O–H groups in total. The molecule has 0 aliphatic rings. The molecular formula is C50H60O12. The first kappa shape index (κ1) is 53.1. The van der Waals surface area contributed by atoms with Gasteiger partial charge in [0.25, 0.3) is 0 Å². The minimum Gasteiger partial charge on any atom is -0.497 e. The minimum atomic E-state index is -0.0608. The van der Waals surface area contributed by atoms with Crippen molar-refractivity contribution in [2.75, 3.05) is 49.8 Å². The highest BCUT2D eigenvalue weighted by molar-refractivity contribution is 6.00. The average Bonchev–Trinajstić information content (AvgIpc) is 3.25. The monoisotopic (exact) mass is 852 g/mol. The van der Waals surface area contributed by atoms with E-state index in [1.54, 1.807) is 95.0 Å². The summed E-state index contributed by atoms with van der Waals surface area (Å²) in [5, 5.41) is 0. The predicted octanol–water partition coefficient (Wildman–Crippen LogP) is 10.4. The number of benzene rings is 5. The maximum absolute atomic E-state index is 11.2. The van der Waals surface area contributed by atoms with E-state index >= 15 is 0 Å². The molecule has 0 fully saturated rings. The first-order valence-electron chi connectivity index (χ1n) is 19.3. The van der Waals surface area contributed by atoms with Gasteiger partial charge >= 0.3 is 0 Å². The summed E-state index contributed by atoms with van der Waals surface area (Å²) in [6, 6.07) is 26.8. The number of carbonyl (C=O) groups is 5. The number of para-hydroxylation sites is 1. The maximum Gasteiger partial charge on any atom is 0.167 e. The molecular weight excluding hydrogens is 793 g/mol. The molecule has 5 aromatic carbocycles. The fourth-order valence-electron chi connectivity index (χ4n) is 6.05. The minimum absolute atomic E-state index is 0.0143. The van der Waals surface area contributed by atoms with E-state index in [0.29, 0.717) is 62.5 Å². The van der Waals surface area contributed by atoms with Crippen LogP contribution in [0.25, 0.3) is 0 Å². The molecule has 0 spiro atoms. The van der Waals surface area contributed by atoms with E-state index in [2.05, 4.69) is 0 Å². The van der Waals surface area contributed by atoms with Gasteiger partial charge in [-0.25, -0.2) is 0 Å². The predicted molar refractivity (Wildman–Crippen MR) is 242 cm³/mol. The zero-order valence-corrected chi connectivity index (χ0v) is 38.6. The van der Waals surface area contributed by atoms with E-state index in [1.807, 2.05) is 45.0 Å². The normalized spacial score (nSPS) is 9.53. The van der Waals surface area contributed by atoms with Gasteiger partial charge < -0.3 is 33.2 Å². The Morgan fingerprint density at radius 1 is 0.339 bits per heavy atom.